The van der Waals surface area contributed by atoms with Crippen molar-refractivity contribution in [2.75, 3.05) is 17.2 Å². The zero-order valence-electron chi connectivity index (χ0n) is 13.8. The van der Waals surface area contributed by atoms with Gasteiger partial charge in [-0.25, -0.2) is 4.98 Å². The van der Waals surface area contributed by atoms with Crippen LogP contribution < -0.4 is 10.6 Å². The summed E-state index contributed by atoms with van der Waals surface area (Å²) in [6.07, 6.45) is -2.28. The molecule has 0 aliphatic rings. The molecular weight excluding hydrogens is 319 g/mol. The van der Waals surface area contributed by atoms with Gasteiger partial charge in [-0.15, -0.1) is 0 Å². The molecule has 2 aromatic heterocycles. The van der Waals surface area contributed by atoms with E-state index in [9.17, 15) is 13.2 Å². The molecule has 0 aromatic carbocycles. The first-order chi connectivity index (χ1) is 11.1. The van der Waals surface area contributed by atoms with Crippen molar-refractivity contribution in [2.24, 2.45) is 0 Å². The third-order valence-corrected chi connectivity index (χ3v) is 2.92. The van der Waals surface area contributed by atoms with Crippen LogP contribution in [0.4, 0.5) is 24.9 Å². The van der Waals surface area contributed by atoms with Gasteiger partial charge in [-0.3, -0.25) is 4.98 Å². The van der Waals surface area contributed by atoms with E-state index in [4.69, 9.17) is 0 Å². The largest absolute Gasteiger partial charge is 0.433 e. The molecule has 5 nitrogen and oxygen atoms in total. The Morgan fingerprint density at radius 2 is 1.83 bits per heavy atom. The SMILES string of the molecule is CC(C)(C)Nc1nc(NCCc2ccccn2)cc(C(F)(F)F)n1. The molecule has 2 heterocycles. The molecule has 0 unspecified atom stereocenters. The number of nitrogens with zero attached hydrogens (tertiary/aromatic N) is 3. The first-order valence-electron chi connectivity index (χ1n) is 7.52. The van der Waals surface area contributed by atoms with E-state index in [1.807, 2.05) is 32.9 Å². The zero-order chi connectivity index (χ0) is 17.8. The second-order valence-electron chi connectivity index (χ2n) is 6.33. The van der Waals surface area contributed by atoms with Crippen molar-refractivity contribution in [3.05, 3.63) is 41.9 Å². The van der Waals surface area contributed by atoms with Crippen LogP contribution in [0, 0.1) is 0 Å². The van der Waals surface area contributed by atoms with Crippen LogP contribution in [0.15, 0.2) is 30.5 Å². The minimum Gasteiger partial charge on any atom is -0.370 e. The van der Waals surface area contributed by atoms with Gasteiger partial charge in [0.2, 0.25) is 5.95 Å². The molecule has 0 bridgehead atoms. The van der Waals surface area contributed by atoms with E-state index >= 15 is 0 Å². The number of rotatable bonds is 5. The lowest BCUT2D eigenvalue weighted by atomic mass is 10.1. The maximum Gasteiger partial charge on any atom is 0.433 e. The maximum absolute atomic E-state index is 13.0. The second kappa shape index (κ2) is 7.02. The van der Waals surface area contributed by atoms with Crippen LogP contribution in [0.3, 0.4) is 0 Å². The van der Waals surface area contributed by atoms with E-state index in [0.29, 0.717) is 13.0 Å². The smallest absolute Gasteiger partial charge is 0.370 e. The molecule has 130 valence electrons. The van der Waals surface area contributed by atoms with E-state index in [1.54, 1.807) is 12.3 Å². The molecule has 24 heavy (non-hydrogen) atoms. The Labute approximate surface area is 138 Å². The summed E-state index contributed by atoms with van der Waals surface area (Å²) in [5.74, 6) is 0.0673. The molecule has 2 aromatic rings. The highest BCUT2D eigenvalue weighted by Crippen LogP contribution is 2.30. The van der Waals surface area contributed by atoms with Crippen LogP contribution in [0.5, 0.6) is 0 Å². The molecule has 0 atom stereocenters. The second-order valence-corrected chi connectivity index (χ2v) is 6.33. The molecule has 0 radical (unpaired) electrons. The summed E-state index contributed by atoms with van der Waals surface area (Å²) in [5, 5.41) is 5.77. The van der Waals surface area contributed by atoms with Gasteiger partial charge in [0.25, 0.3) is 0 Å². The van der Waals surface area contributed by atoms with Gasteiger partial charge in [0, 0.05) is 36.5 Å². The Morgan fingerprint density at radius 1 is 1.08 bits per heavy atom. The van der Waals surface area contributed by atoms with E-state index in [1.165, 1.54) is 0 Å². The third kappa shape index (κ3) is 5.68. The number of aromatic nitrogens is 3. The van der Waals surface area contributed by atoms with Gasteiger partial charge >= 0.3 is 6.18 Å². The highest BCUT2D eigenvalue weighted by molar-refractivity contribution is 5.44. The minimum atomic E-state index is -4.53. The number of pyridine rings is 1. The Hall–Kier alpha value is -2.38. The van der Waals surface area contributed by atoms with Crippen molar-refractivity contribution in [2.45, 2.75) is 38.9 Å². The van der Waals surface area contributed by atoms with Crippen molar-refractivity contribution >= 4 is 11.8 Å². The standard InChI is InChI=1S/C16H20F3N5/c1-15(2,3)24-14-22-12(16(17,18)19)10-13(23-14)21-9-7-11-6-4-5-8-20-11/h4-6,8,10H,7,9H2,1-3H3,(H2,21,22,23,24). The third-order valence-electron chi connectivity index (χ3n) is 2.92. The summed E-state index contributed by atoms with van der Waals surface area (Å²) in [6, 6.07) is 6.43. The number of alkyl halides is 3. The van der Waals surface area contributed by atoms with Crippen LogP contribution in [0.25, 0.3) is 0 Å². The molecule has 0 amide bonds. The lowest BCUT2D eigenvalue weighted by molar-refractivity contribution is -0.141. The normalized spacial score (nSPS) is 12.1. The molecule has 0 fully saturated rings. The first-order valence-corrected chi connectivity index (χ1v) is 7.52. The quantitative estimate of drug-likeness (QED) is 0.868. The minimum absolute atomic E-state index is 0.0577. The summed E-state index contributed by atoms with van der Waals surface area (Å²) >= 11 is 0. The number of hydrogen-bond acceptors (Lipinski definition) is 5. The van der Waals surface area contributed by atoms with Crippen LogP contribution in [-0.2, 0) is 12.6 Å². The topological polar surface area (TPSA) is 62.7 Å². The molecule has 0 aliphatic heterocycles. The Bertz CT molecular complexity index is 666. The lowest BCUT2D eigenvalue weighted by Crippen LogP contribution is -2.28. The molecular formula is C16H20F3N5. The summed E-state index contributed by atoms with van der Waals surface area (Å²) in [7, 11) is 0. The van der Waals surface area contributed by atoms with Gasteiger partial charge in [0.1, 0.15) is 5.82 Å². The van der Waals surface area contributed by atoms with Gasteiger partial charge < -0.3 is 10.6 Å². The van der Waals surface area contributed by atoms with Gasteiger partial charge in [-0.05, 0) is 32.9 Å². The average Bonchev–Trinajstić information content (AvgIpc) is 2.45. The highest BCUT2D eigenvalue weighted by atomic mass is 19.4. The number of halogens is 3. The molecule has 8 heteroatoms. The van der Waals surface area contributed by atoms with Crippen LogP contribution in [0.1, 0.15) is 32.2 Å². The fourth-order valence-corrected chi connectivity index (χ4v) is 1.94. The molecule has 0 saturated carbocycles. The predicted octanol–water partition coefficient (Wildman–Crippen LogP) is 3.76. The summed E-state index contributed by atoms with van der Waals surface area (Å²) < 4.78 is 39.0. The van der Waals surface area contributed by atoms with Crippen molar-refractivity contribution < 1.29 is 13.2 Å². The van der Waals surface area contributed by atoms with Gasteiger partial charge in [0.05, 0.1) is 0 Å². The van der Waals surface area contributed by atoms with Crippen molar-refractivity contribution in [1.29, 1.82) is 0 Å². The Balaban J connectivity index is 2.14. The molecule has 0 saturated heterocycles. The monoisotopic (exact) mass is 339 g/mol. The summed E-state index contributed by atoms with van der Waals surface area (Å²) in [4.78, 5) is 11.8. The average molecular weight is 339 g/mol. The molecule has 0 aliphatic carbocycles. The van der Waals surface area contributed by atoms with E-state index in [0.717, 1.165) is 11.8 Å². The van der Waals surface area contributed by atoms with Crippen molar-refractivity contribution in [3.63, 3.8) is 0 Å². The van der Waals surface area contributed by atoms with Crippen LogP contribution >= 0.6 is 0 Å². The summed E-state index contributed by atoms with van der Waals surface area (Å²) in [6.45, 7) is 5.89. The van der Waals surface area contributed by atoms with Gasteiger partial charge in [-0.1, -0.05) is 6.07 Å². The number of nitrogens with one attached hydrogen (secondary N) is 2. The van der Waals surface area contributed by atoms with E-state index < -0.39 is 17.4 Å². The van der Waals surface area contributed by atoms with Gasteiger partial charge in [-0.2, -0.15) is 18.2 Å². The highest BCUT2D eigenvalue weighted by Gasteiger charge is 2.34. The summed E-state index contributed by atoms with van der Waals surface area (Å²) in [5.41, 5.74) is -0.581. The number of anilines is 2. The van der Waals surface area contributed by atoms with E-state index in [2.05, 4.69) is 25.6 Å². The van der Waals surface area contributed by atoms with Crippen LogP contribution in [-0.4, -0.2) is 27.0 Å². The lowest BCUT2D eigenvalue weighted by Gasteiger charge is -2.21. The van der Waals surface area contributed by atoms with Crippen molar-refractivity contribution in [1.82, 2.24) is 15.0 Å². The zero-order valence-corrected chi connectivity index (χ0v) is 13.8. The fraction of sp³-hybridized carbons (Fsp3) is 0.438. The maximum atomic E-state index is 13.0. The predicted molar refractivity (Wildman–Crippen MR) is 86.8 cm³/mol. The number of hydrogen-bond donors (Lipinski definition) is 2. The van der Waals surface area contributed by atoms with E-state index in [-0.39, 0.29) is 11.8 Å². The fourth-order valence-electron chi connectivity index (χ4n) is 1.94. The first kappa shape index (κ1) is 18.0. The van der Waals surface area contributed by atoms with Crippen LogP contribution in [0.2, 0.25) is 0 Å². The van der Waals surface area contributed by atoms with Gasteiger partial charge in [0.15, 0.2) is 5.69 Å². The molecule has 2 N–H and O–H groups in total. The van der Waals surface area contributed by atoms with Crippen molar-refractivity contribution in [3.8, 4) is 0 Å². The molecule has 0 spiro atoms. The molecule has 2 rings (SSSR count). The Morgan fingerprint density at radius 3 is 2.42 bits per heavy atom. The Kier molecular flexibility index (Phi) is 5.26.